The zero-order valence-electron chi connectivity index (χ0n) is 15.9. The SMILES string of the molecule is O=C(NCCSCc1ccccc1Cl)C1CCN(Cc2ccc(Cl)cc2)CC1. The first kappa shape index (κ1) is 21.5. The predicted molar refractivity (Wildman–Crippen MR) is 120 cm³/mol. The third-order valence-electron chi connectivity index (χ3n) is 5.04. The van der Waals surface area contributed by atoms with Crippen LogP contribution in [-0.2, 0) is 17.1 Å². The second kappa shape index (κ2) is 11.1. The molecule has 150 valence electrons. The molecule has 1 heterocycles. The van der Waals surface area contributed by atoms with Gasteiger partial charge in [-0.1, -0.05) is 53.5 Å². The smallest absolute Gasteiger partial charge is 0.223 e. The lowest BCUT2D eigenvalue weighted by atomic mass is 9.95. The molecule has 0 unspecified atom stereocenters. The highest BCUT2D eigenvalue weighted by atomic mass is 35.5. The number of halogens is 2. The van der Waals surface area contributed by atoms with E-state index in [-0.39, 0.29) is 11.8 Å². The Morgan fingerprint density at radius 3 is 2.50 bits per heavy atom. The number of benzene rings is 2. The fourth-order valence-corrected chi connectivity index (χ4v) is 4.66. The molecule has 1 amide bonds. The van der Waals surface area contributed by atoms with Gasteiger partial charge in [0.1, 0.15) is 0 Å². The Balaban J connectivity index is 1.30. The fourth-order valence-electron chi connectivity index (χ4n) is 3.39. The molecule has 0 radical (unpaired) electrons. The topological polar surface area (TPSA) is 32.3 Å². The second-order valence-electron chi connectivity index (χ2n) is 7.11. The largest absolute Gasteiger partial charge is 0.355 e. The molecule has 1 aliphatic rings. The van der Waals surface area contributed by atoms with E-state index in [1.165, 1.54) is 5.56 Å². The van der Waals surface area contributed by atoms with Gasteiger partial charge in [-0.3, -0.25) is 9.69 Å². The second-order valence-corrected chi connectivity index (χ2v) is 9.06. The molecule has 0 atom stereocenters. The predicted octanol–water partition coefficient (Wildman–Crippen LogP) is 5.26. The van der Waals surface area contributed by atoms with Gasteiger partial charge in [-0.2, -0.15) is 11.8 Å². The van der Waals surface area contributed by atoms with Crippen LogP contribution in [0, 0.1) is 5.92 Å². The number of nitrogens with one attached hydrogen (secondary N) is 1. The zero-order valence-corrected chi connectivity index (χ0v) is 18.2. The minimum atomic E-state index is 0.134. The van der Waals surface area contributed by atoms with Crippen LogP contribution in [0.1, 0.15) is 24.0 Å². The summed E-state index contributed by atoms with van der Waals surface area (Å²) in [6, 6.07) is 15.9. The summed E-state index contributed by atoms with van der Waals surface area (Å²) in [5.74, 6) is 2.10. The number of hydrogen-bond acceptors (Lipinski definition) is 3. The van der Waals surface area contributed by atoms with E-state index in [0.29, 0.717) is 6.54 Å². The summed E-state index contributed by atoms with van der Waals surface area (Å²) in [5.41, 5.74) is 2.41. The van der Waals surface area contributed by atoms with Gasteiger partial charge in [-0.25, -0.2) is 0 Å². The van der Waals surface area contributed by atoms with Crippen molar-refractivity contribution in [1.82, 2.24) is 10.2 Å². The normalized spacial score (nSPS) is 15.5. The van der Waals surface area contributed by atoms with E-state index in [1.807, 2.05) is 36.4 Å². The van der Waals surface area contributed by atoms with Crippen LogP contribution in [0.25, 0.3) is 0 Å². The van der Waals surface area contributed by atoms with Crippen molar-refractivity contribution in [2.45, 2.75) is 25.1 Å². The lowest BCUT2D eigenvalue weighted by Gasteiger charge is -2.31. The minimum Gasteiger partial charge on any atom is -0.355 e. The summed E-state index contributed by atoms with van der Waals surface area (Å²) in [6.45, 7) is 3.55. The Hall–Kier alpha value is -1.20. The Labute approximate surface area is 181 Å². The summed E-state index contributed by atoms with van der Waals surface area (Å²) in [6.07, 6.45) is 1.85. The lowest BCUT2D eigenvalue weighted by Crippen LogP contribution is -2.40. The highest BCUT2D eigenvalue weighted by molar-refractivity contribution is 7.98. The number of carbonyl (C=O) groups excluding carboxylic acids is 1. The molecule has 1 N–H and O–H groups in total. The number of amides is 1. The molecule has 6 heteroatoms. The van der Waals surface area contributed by atoms with Gasteiger partial charge in [-0.05, 0) is 55.3 Å². The number of hydrogen-bond donors (Lipinski definition) is 1. The van der Waals surface area contributed by atoms with E-state index in [0.717, 1.165) is 59.6 Å². The average molecular weight is 437 g/mol. The molecule has 0 bridgehead atoms. The van der Waals surface area contributed by atoms with Crippen molar-refractivity contribution < 1.29 is 4.79 Å². The lowest BCUT2D eigenvalue weighted by molar-refractivity contribution is -0.126. The Kier molecular flexibility index (Phi) is 8.53. The minimum absolute atomic E-state index is 0.134. The van der Waals surface area contributed by atoms with Crippen LogP contribution in [-0.4, -0.2) is 36.2 Å². The molecular formula is C22H26Cl2N2OS. The van der Waals surface area contributed by atoms with Gasteiger partial charge in [0.2, 0.25) is 5.91 Å². The molecule has 0 aromatic heterocycles. The monoisotopic (exact) mass is 436 g/mol. The Morgan fingerprint density at radius 1 is 1.07 bits per heavy atom. The average Bonchev–Trinajstić information content (AvgIpc) is 2.71. The molecule has 2 aromatic rings. The molecule has 28 heavy (non-hydrogen) atoms. The fraction of sp³-hybridized carbons (Fsp3) is 0.409. The van der Waals surface area contributed by atoms with Gasteiger partial charge in [-0.15, -0.1) is 0 Å². The molecular weight excluding hydrogens is 411 g/mol. The summed E-state index contributed by atoms with van der Waals surface area (Å²) < 4.78 is 0. The van der Waals surface area contributed by atoms with Crippen LogP contribution >= 0.6 is 35.0 Å². The molecule has 2 aromatic carbocycles. The van der Waals surface area contributed by atoms with Crippen molar-refractivity contribution in [3.05, 3.63) is 69.7 Å². The molecule has 1 aliphatic heterocycles. The number of piperidine rings is 1. The van der Waals surface area contributed by atoms with Crippen LogP contribution in [0.3, 0.4) is 0 Å². The third kappa shape index (κ3) is 6.70. The van der Waals surface area contributed by atoms with Crippen molar-refractivity contribution in [3.8, 4) is 0 Å². The van der Waals surface area contributed by atoms with E-state index in [4.69, 9.17) is 23.2 Å². The number of carbonyl (C=O) groups is 1. The quantitative estimate of drug-likeness (QED) is 0.573. The van der Waals surface area contributed by atoms with Crippen molar-refractivity contribution in [2.24, 2.45) is 5.92 Å². The standard InChI is InChI=1S/C22H26Cl2N2OS/c23-20-7-5-17(6-8-20)15-26-12-9-18(10-13-26)22(27)25-11-14-28-16-19-3-1-2-4-21(19)24/h1-8,18H,9-16H2,(H,25,27). The van der Waals surface area contributed by atoms with Crippen molar-refractivity contribution in [1.29, 1.82) is 0 Å². The molecule has 3 nitrogen and oxygen atoms in total. The molecule has 3 rings (SSSR count). The van der Waals surface area contributed by atoms with Crippen LogP contribution < -0.4 is 5.32 Å². The van der Waals surface area contributed by atoms with E-state index < -0.39 is 0 Å². The van der Waals surface area contributed by atoms with Crippen LogP contribution in [0.15, 0.2) is 48.5 Å². The van der Waals surface area contributed by atoms with Crippen molar-refractivity contribution in [3.63, 3.8) is 0 Å². The van der Waals surface area contributed by atoms with Gasteiger partial charge >= 0.3 is 0 Å². The van der Waals surface area contributed by atoms with Gasteiger partial charge in [0.15, 0.2) is 0 Å². The molecule has 0 saturated carbocycles. The summed E-state index contributed by atoms with van der Waals surface area (Å²) >= 11 is 13.9. The zero-order chi connectivity index (χ0) is 19.8. The molecule has 1 fully saturated rings. The van der Waals surface area contributed by atoms with Crippen molar-refractivity contribution >= 4 is 40.9 Å². The number of nitrogens with zero attached hydrogens (tertiary/aromatic N) is 1. The first-order valence-corrected chi connectivity index (χ1v) is 11.6. The number of rotatable bonds is 8. The van der Waals surface area contributed by atoms with Crippen LogP contribution in [0.5, 0.6) is 0 Å². The molecule has 0 spiro atoms. The van der Waals surface area contributed by atoms with E-state index in [1.54, 1.807) is 11.8 Å². The maximum absolute atomic E-state index is 12.4. The van der Waals surface area contributed by atoms with Gasteiger partial charge in [0.05, 0.1) is 0 Å². The van der Waals surface area contributed by atoms with Gasteiger partial charge in [0.25, 0.3) is 0 Å². The van der Waals surface area contributed by atoms with Crippen LogP contribution in [0.2, 0.25) is 10.0 Å². The highest BCUT2D eigenvalue weighted by Crippen LogP contribution is 2.21. The van der Waals surface area contributed by atoms with Gasteiger partial charge < -0.3 is 5.32 Å². The Morgan fingerprint density at radius 2 is 1.79 bits per heavy atom. The van der Waals surface area contributed by atoms with Gasteiger partial charge in [0, 0.05) is 40.6 Å². The van der Waals surface area contributed by atoms with E-state index in [9.17, 15) is 4.79 Å². The highest BCUT2D eigenvalue weighted by Gasteiger charge is 2.24. The summed E-state index contributed by atoms with van der Waals surface area (Å²) in [7, 11) is 0. The first-order chi connectivity index (χ1) is 13.6. The number of likely N-dealkylation sites (tertiary alicyclic amines) is 1. The van der Waals surface area contributed by atoms with Crippen LogP contribution in [0.4, 0.5) is 0 Å². The third-order valence-corrected chi connectivity index (χ3v) is 6.67. The maximum atomic E-state index is 12.4. The first-order valence-electron chi connectivity index (χ1n) is 9.67. The van der Waals surface area contributed by atoms with E-state index >= 15 is 0 Å². The van der Waals surface area contributed by atoms with Crippen molar-refractivity contribution in [2.75, 3.05) is 25.4 Å². The molecule has 0 aliphatic carbocycles. The van der Waals surface area contributed by atoms with E-state index in [2.05, 4.69) is 22.3 Å². The summed E-state index contributed by atoms with van der Waals surface area (Å²) in [4.78, 5) is 14.8. The Bertz CT molecular complexity index is 761. The maximum Gasteiger partial charge on any atom is 0.223 e. The number of thioether (sulfide) groups is 1. The summed E-state index contributed by atoms with van der Waals surface area (Å²) in [5, 5.41) is 4.68. The molecule has 1 saturated heterocycles.